The Morgan fingerprint density at radius 1 is 0.867 bits per heavy atom. The lowest BCUT2D eigenvalue weighted by atomic mass is 10.0. The standard InChI is InChI=1S/C27H45NO2/c1-3-4-5-6-9-12-15-26-27(30-26)16-13-10-7-8-11-14-23(2)28-22-21-24-17-19-25(29)20-18-24/h17-20,26-29H,2-16,21-22H2,1H3. The zero-order chi connectivity index (χ0) is 21.4. The number of nitrogens with one attached hydrogen (secondary N) is 1. The van der Waals surface area contributed by atoms with Crippen molar-refractivity contribution in [2.45, 2.75) is 115 Å². The Morgan fingerprint density at radius 3 is 2.07 bits per heavy atom. The average Bonchev–Trinajstić information content (AvgIpc) is 3.49. The van der Waals surface area contributed by atoms with Crippen LogP contribution in [0.1, 0.15) is 102 Å². The van der Waals surface area contributed by atoms with E-state index in [0.29, 0.717) is 18.0 Å². The molecule has 1 heterocycles. The van der Waals surface area contributed by atoms with E-state index >= 15 is 0 Å². The van der Waals surface area contributed by atoms with Crippen molar-refractivity contribution in [1.29, 1.82) is 0 Å². The fraction of sp³-hybridized carbons (Fsp3) is 0.704. The van der Waals surface area contributed by atoms with Crippen molar-refractivity contribution in [1.82, 2.24) is 5.32 Å². The normalized spacial score (nSPS) is 17.8. The third-order valence-electron chi connectivity index (χ3n) is 6.22. The molecule has 0 radical (unpaired) electrons. The third kappa shape index (κ3) is 11.6. The summed E-state index contributed by atoms with van der Waals surface area (Å²) >= 11 is 0. The average molecular weight is 416 g/mol. The number of unbranched alkanes of at least 4 members (excludes halogenated alkanes) is 9. The third-order valence-corrected chi connectivity index (χ3v) is 6.22. The van der Waals surface area contributed by atoms with E-state index in [1.807, 2.05) is 12.1 Å². The van der Waals surface area contributed by atoms with Crippen molar-refractivity contribution in [3.63, 3.8) is 0 Å². The van der Waals surface area contributed by atoms with E-state index in [1.54, 1.807) is 12.1 Å². The highest BCUT2D eigenvalue weighted by Crippen LogP contribution is 2.31. The Hall–Kier alpha value is -1.48. The first kappa shape index (κ1) is 24.8. The molecule has 2 N–H and O–H groups in total. The molecule has 2 rings (SSSR count). The maximum Gasteiger partial charge on any atom is 0.115 e. The van der Waals surface area contributed by atoms with E-state index in [9.17, 15) is 5.11 Å². The predicted octanol–water partition coefficient (Wildman–Crippen LogP) is 7.29. The summed E-state index contributed by atoms with van der Waals surface area (Å²) in [5.41, 5.74) is 2.39. The van der Waals surface area contributed by atoms with E-state index in [0.717, 1.165) is 25.1 Å². The van der Waals surface area contributed by atoms with Gasteiger partial charge in [-0.1, -0.05) is 89.8 Å². The second kappa shape index (κ2) is 15.3. The summed E-state index contributed by atoms with van der Waals surface area (Å²) in [5.74, 6) is 0.328. The first-order valence-electron chi connectivity index (χ1n) is 12.5. The highest BCUT2D eigenvalue weighted by atomic mass is 16.6. The summed E-state index contributed by atoms with van der Waals surface area (Å²) in [6.07, 6.45) is 20.6. The number of hydrogen-bond acceptors (Lipinski definition) is 3. The SMILES string of the molecule is C=C(CCCCCCCC1OC1CCCCCCCC)NCCc1ccc(O)cc1. The number of phenolic OH excluding ortho intramolecular Hbond substituents is 1. The van der Waals surface area contributed by atoms with Gasteiger partial charge < -0.3 is 15.2 Å². The van der Waals surface area contributed by atoms with Crippen LogP contribution in [0, 0.1) is 0 Å². The molecular weight excluding hydrogens is 370 g/mol. The van der Waals surface area contributed by atoms with Gasteiger partial charge >= 0.3 is 0 Å². The van der Waals surface area contributed by atoms with Crippen molar-refractivity contribution < 1.29 is 9.84 Å². The van der Waals surface area contributed by atoms with Gasteiger partial charge in [0, 0.05) is 12.2 Å². The number of benzene rings is 1. The Balaban J connectivity index is 1.32. The molecular formula is C27H45NO2. The van der Waals surface area contributed by atoms with Gasteiger partial charge in [0.15, 0.2) is 0 Å². The van der Waals surface area contributed by atoms with Gasteiger partial charge in [0.05, 0.1) is 12.2 Å². The lowest BCUT2D eigenvalue weighted by Gasteiger charge is -2.09. The van der Waals surface area contributed by atoms with Crippen LogP contribution in [0.3, 0.4) is 0 Å². The minimum Gasteiger partial charge on any atom is -0.508 e. The Bertz CT molecular complexity index is 569. The van der Waals surface area contributed by atoms with E-state index in [4.69, 9.17) is 4.74 Å². The predicted molar refractivity (Wildman–Crippen MR) is 128 cm³/mol. The molecule has 0 spiro atoms. The number of allylic oxidation sites excluding steroid dienone is 1. The van der Waals surface area contributed by atoms with Gasteiger partial charge in [-0.25, -0.2) is 0 Å². The molecule has 0 bridgehead atoms. The van der Waals surface area contributed by atoms with Crippen LogP contribution in [0.25, 0.3) is 0 Å². The second-order valence-corrected chi connectivity index (χ2v) is 9.02. The lowest BCUT2D eigenvalue weighted by Crippen LogP contribution is -2.15. The van der Waals surface area contributed by atoms with Gasteiger partial charge in [0.2, 0.25) is 0 Å². The first-order valence-corrected chi connectivity index (χ1v) is 12.5. The van der Waals surface area contributed by atoms with Crippen LogP contribution in [0.5, 0.6) is 5.75 Å². The number of aromatic hydroxyl groups is 1. The van der Waals surface area contributed by atoms with Crippen LogP contribution in [-0.2, 0) is 11.2 Å². The molecule has 1 aromatic rings. The molecule has 3 nitrogen and oxygen atoms in total. The number of epoxide rings is 1. The zero-order valence-electron chi connectivity index (χ0n) is 19.3. The fourth-order valence-corrected chi connectivity index (χ4v) is 4.16. The molecule has 0 saturated carbocycles. The summed E-state index contributed by atoms with van der Waals surface area (Å²) < 4.78 is 5.85. The van der Waals surface area contributed by atoms with Gasteiger partial charge in [0.1, 0.15) is 5.75 Å². The summed E-state index contributed by atoms with van der Waals surface area (Å²) in [5, 5.41) is 12.7. The maximum absolute atomic E-state index is 9.31. The smallest absolute Gasteiger partial charge is 0.115 e. The van der Waals surface area contributed by atoms with Crippen molar-refractivity contribution in [2.24, 2.45) is 0 Å². The topological polar surface area (TPSA) is 44.8 Å². The fourth-order valence-electron chi connectivity index (χ4n) is 4.16. The van der Waals surface area contributed by atoms with Gasteiger partial charge in [-0.15, -0.1) is 0 Å². The van der Waals surface area contributed by atoms with Crippen molar-refractivity contribution in [2.75, 3.05) is 6.54 Å². The van der Waals surface area contributed by atoms with Crippen molar-refractivity contribution >= 4 is 0 Å². The number of rotatable bonds is 19. The van der Waals surface area contributed by atoms with E-state index in [-0.39, 0.29) is 0 Å². The van der Waals surface area contributed by atoms with Crippen molar-refractivity contribution in [3.8, 4) is 5.75 Å². The van der Waals surface area contributed by atoms with Gasteiger partial charge in [0.25, 0.3) is 0 Å². The maximum atomic E-state index is 9.31. The van der Waals surface area contributed by atoms with Gasteiger partial charge in [-0.2, -0.15) is 0 Å². The summed E-state index contributed by atoms with van der Waals surface area (Å²) in [6.45, 7) is 7.34. The molecule has 1 saturated heterocycles. The van der Waals surface area contributed by atoms with E-state index in [1.165, 1.54) is 89.0 Å². The van der Waals surface area contributed by atoms with Crippen LogP contribution in [0.2, 0.25) is 0 Å². The molecule has 2 atom stereocenters. The second-order valence-electron chi connectivity index (χ2n) is 9.02. The Labute approximate surface area is 185 Å². The highest BCUT2D eigenvalue weighted by molar-refractivity contribution is 5.26. The molecule has 1 aromatic carbocycles. The molecule has 0 amide bonds. The number of phenols is 1. The van der Waals surface area contributed by atoms with Crippen LogP contribution >= 0.6 is 0 Å². The lowest BCUT2D eigenvalue weighted by molar-refractivity contribution is 0.347. The zero-order valence-corrected chi connectivity index (χ0v) is 19.3. The molecule has 3 heteroatoms. The molecule has 1 aliphatic rings. The number of hydrogen-bond donors (Lipinski definition) is 2. The first-order chi connectivity index (χ1) is 14.7. The van der Waals surface area contributed by atoms with Crippen LogP contribution in [0.15, 0.2) is 36.5 Å². The highest BCUT2D eigenvalue weighted by Gasteiger charge is 2.36. The molecule has 170 valence electrons. The Kier molecular flexibility index (Phi) is 12.7. The molecule has 1 fully saturated rings. The number of ether oxygens (including phenoxy) is 1. The van der Waals surface area contributed by atoms with Crippen LogP contribution < -0.4 is 5.32 Å². The summed E-state index contributed by atoms with van der Waals surface area (Å²) in [4.78, 5) is 0. The van der Waals surface area contributed by atoms with Crippen molar-refractivity contribution in [3.05, 3.63) is 42.1 Å². The van der Waals surface area contributed by atoms with E-state index < -0.39 is 0 Å². The van der Waals surface area contributed by atoms with Gasteiger partial charge in [-0.3, -0.25) is 0 Å². The molecule has 30 heavy (non-hydrogen) atoms. The molecule has 0 aromatic heterocycles. The monoisotopic (exact) mass is 415 g/mol. The van der Waals surface area contributed by atoms with Gasteiger partial charge in [-0.05, 0) is 49.8 Å². The summed E-state index contributed by atoms with van der Waals surface area (Å²) in [7, 11) is 0. The molecule has 0 aliphatic carbocycles. The van der Waals surface area contributed by atoms with Crippen LogP contribution in [0.4, 0.5) is 0 Å². The molecule has 1 aliphatic heterocycles. The van der Waals surface area contributed by atoms with E-state index in [2.05, 4.69) is 18.8 Å². The Morgan fingerprint density at radius 2 is 1.43 bits per heavy atom. The summed E-state index contributed by atoms with van der Waals surface area (Å²) in [6, 6.07) is 7.44. The minimum atomic E-state index is 0.328. The quantitative estimate of drug-likeness (QED) is 0.184. The molecule has 2 unspecified atom stereocenters. The minimum absolute atomic E-state index is 0.328. The van der Waals surface area contributed by atoms with Crippen LogP contribution in [-0.4, -0.2) is 23.9 Å². The largest absolute Gasteiger partial charge is 0.508 e.